The molecule has 0 aliphatic carbocycles. The Labute approximate surface area is 113 Å². The molecule has 4 nitrogen and oxygen atoms in total. The summed E-state index contributed by atoms with van der Waals surface area (Å²) in [4.78, 5) is 8.52. The van der Waals surface area contributed by atoms with Gasteiger partial charge in [-0.05, 0) is 32.4 Å². The highest BCUT2D eigenvalue weighted by Gasteiger charge is 2.04. The molecule has 0 atom stereocenters. The van der Waals surface area contributed by atoms with Crippen LogP contribution in [-0.2, 0) is 6.54 Å². The molecule has 0 radical (unpaired) electrons. The molecule has 0 saturated heterocycles. The van der Waals surface area contributed by atoms with Crippen molar-refractivity contribution in [3.8, 4) is 5.75 Å². The average molecular weight is 257 g/mol. The quantitative estimate of drug-likeness (QED) is 0.661. The molecule has 0 saturated carbocycles. The van der Waals surface area contributed by atoms with E-state index >= 15 is 0 Å². The van der Waals surface area contributed by atoms with E-state index in [-0.39, 0.29) is 0 Å². The second-order valence-corrected chi connectivity index (χ2v) is 4.64. The van der Waals surface area contributed by atoms with Crippen molar-refractivity contribution in [2.45, 2.75) is 26.8 Å². The largest absolute Gasteiger partial charge is 0.507 e. The molecule has 1 heterocycles. The molecule has 0 unspecified atom stereocenters. The number of hydrogen-bond donors (Lipinski definition) is 1. The molecule has 2 rings (SSSR count). The molecular formula is C15H19N3O. The maximum Gasteiger partial charge on any atom is 0.124 e. The van der Waals surface area contributed by atoms with Gasteiger partial charge in [-0.25, -0.2) is 4.98 Å². The first kappa shape index (κ1) is 13.3. The predicted molar refractivity (Wildman–Crippen MR) is 76.8 cm³/mol. The van der Waals surface area contributed by atoms with Crippen LogP contribution in [0.5, 0.6) is 5.75 Å². The monoisotopic (exact) mass is 257 g/mol. The standard InChI is InChI=1S/C15H19N3O/c1-12-4-5-15(19)14(10-12)13(2)17-6-3-8-18-9-7-16-11-18/h4-5,7,9-11,19H,3,6,8H2,1-2H3/b17-13+. The smallest absolute Gasteiger partial charge is 0.124 e. The topological polar surface area (TPSA) is 50.4 Å². The first-order valence-corrected chi connectivity index (χ1v) is 6.43. The van der Waals surface area contributed by atoms with Crippen molar-refractivity contribution in [1.82, 2.24) is 9.55 Å². The summed E-state index contributed by atoms with van der Waals surface area (Å²) < 4.78 is 2.04. The minimum atomic E-state index is 0.293. The molecule has 0 fully saturated rings. The summed E-state index contributed by atoms with van der Waals surface area (Å²) in [6.45, 7) is 5.61. The van der Waals surface area contributed by atoms with Gasteiger partial charge in [0, 0.05) is 36.8 Å². The molecule has 0 spiro atoms. The fourth-order valence-electron chi connectivity index (χ4n) is 1.94. The first-order chi connectivity index (χ1) is 9.16. The van der Waals surface area contributed by atoms with Gasteiger partial charge in [0.2, 0.25) is 0 Å². The number of hydrogen-bond acceptors (Lipinski definition) is 3. The van der Waals surface area contributed by atoms with Gasteiger partial charge in [-0.1, -0.05) is 11.6 Å². The number of aromatic nitrogens is 2. The van der Waals surface area contributed by atoms with Crippen molar-refractivity contribution >= 4 is 5.71 Å². The van der Waals surface area contributed by atoms with Crippen molar-refractivity contribution in [2.75, 3.05) is 6.54 Å². The summed E-state index contributed by atoms with van der Waals surface area (Å²) in [5.41, 5.74) is 2.83. The van der Waals surface area contributed by atoms with Crippen LogP contribution < -0.4 is 0 Å². The molecule has 0 bridgehead atoms. The SMILES string of the molecule is C/C(=N\CCCn1ccnc1)c1cc(C)ccc1O. The number of phenols is 1. The van der Waals surface area contributed by atoms with Gasteiger partial charge in [0.05, 0.1) is 6.33 Å². The third-order valence-electron chi connectivity index (χ3n) is 3.02. The lowest BCUT2D eigenvalue weighted by Crippen LogP contribution is -2.00. The van der Waals surface area contributed by atoms with E-state index in [0.717, 1.165) is 36.3 Å². The fourth-order valence-corrected chi connectivity index (χ4v) is 1.94. The summed E-state index contributed by atoms with van der Waals surface area (Å²) in [5.74, 6) is 0.293. The maximum atomic E-state index is 9.82. The minimum Gasteiger partial charge on any atom is -0.507 e. The molecule has 1 aromatic carbocycles. The van der Waals surface area contributed by atoms with Gasteiger partial charge in [0.15, 0.2) is 0 Å². The maximum absolute atomic E-state index is 9.82. The molecule has 2 aromatic rings. The van der Waals surface area contributed by atoms with Gasteiger partial charge >= 0.3 is 0 Å². The summed E-state index contributed by atoms with van der Waals surface area (Å²) >= 11 is 0. The molecule has 0 amide bonds. The van der Waals surface area contributed by atoms with Gasteiger partial charge in [-0.3, -0.25) is 4.99 Å². The lowest BCUT2D eigenvalue weighted by atomic mass is 10.1. The Hall–Kier alpha value is -2.10. The van der Waals surface area contributed by atoms with Gasteiger partial charge in [-0.15, -0.1) is 0 Å². The van der Waals surface area contributed by atoms with Crippen molar-refractivity contribution < 1.29 is 5.11 Å². The Kier molecular flexibility index (Phi) is 4.34. The lowest BCUT2D eigenvalue weighted by Gasteiger charge is -2.06. The van der Waals surface area contributed by atoms with Crippen LogP contribution in [0.15, 0.2) is 41.9 Å². The number of aromatic hydroxyl groups is 1. The zero-order chi connectivity index (χ0) is 13.7. The minimum absolute atomic E-state index is 0.293. The zero-order valence-corrected chi connectivity index (χ0v) is 11.4. The van der Waals surface area contributed by atoms with E-state index in [9.17, 15) is 5.11 Å². The number of phenolic OH excluding ortho intramolecular Hbond substituents is 1. The van der Waals surface area contributed by atoms with E-state index in [1.54, 1.807) is 12.3 Å². The van der Waals surface area contributed by atoms with E-state index in [0.29, 0.717) is 5.75 Å². The number of aryl methyl sites for hydroxylation is 2. The summed E-state index contributed by atoms with van der Waals surface area (Å²) in [7, 11) is 0. The number of aliphatic imine (C=N–C) groups is 1. The van der Waals surface area contributed by atoms with Gasteiger partial charge in [-0.2, -0.15) is 0 Å². The molecule has 1 N–H and O–H groups in total. The van der Waals surface area contributed by atoms with Gasteiger partial charge < -0.3 is 9.67 Å². The Morgan fingerprint density at radius 1 is 1.42 bits per heavy atom. The Morgan fingerprint density at radius 3 is 3.00 bits per heavy atom. The van der Waals surface area contributed by atoms with Crippen molar-refractivity contribution in [2.24, 2.45) is 4.99 Å². The molecule has 0 aliphatic heterocycles. The second-order valence-electron chi connectivity index (χ2n) is 4.64. The number of benzene rings is 1. The highest BCUT2D eigenvalue weighted by Crippen LogP contribution is 2.19. The average Bonchev–Trinajstić information content (AvgIpc) is 2.90. The van der Waals surface area contributed by atoms with Crippen LogP contribution in [0.2, 0.25) is 0 Å². The number of rotatable bonds is 5. The Bertz CT molecular complexity index is 559. The Morgan fingerprint density at radius 2 is 2.26 bits per heavy atom. The van der Waals surface area contributed by atoms with Crippen molar-refractivity contribution in [3.05, 3.63) is 48.0 Å². The van der Waals surface area contributed by atoms with Crippen molar-refractivity contribution in [3.63, 3.8) is 0 Å². The van der Waals surface area contributed by atoms with Crippen LogP contribution in [0.3, 0.4) is 0 Å². The molecule has 1 aromatic heterocycles. The molecule has 0 aliphatic rings. The highest BCUT2D eigenvalue weighted by atomic mass is 16.3. The number of nitrogens with zero attached hydrogens (tertiary/aromatic N) is 3. The van der Waals surface area contributed by atoms with Crippen molar-refractivity contribution in [1.29, 1.82) is 0 Å². The normalized spacial score (nSPS) is 11.8. The molecule has 100 valence electrons. The lowest BCUT2D eigenvalue weighted by molar-refractivity contribution is 0.474. The van der Waals surface area contributed by atoms with Crippen LogP contribution in [0.25, 0.3) is 0 Å². The second kappa shape index (κ2) is 6.18. The van der Waals surface area contributed by atoms with Crippen LogP contribution in [0.1, 0.15) is 24.5 Å². The molecule has 4 heteroatoms. The van der Waals surface area contributed by atoms with E-state index in [1.807, 2.05) is 43.1 Å². The third kappa shape index (κ3) is 3.68. The highest BCUT2D eigenvalue weighted by molar-refractivity contribution is 6.01. The van der Waals surface area contributed by atoms with Crippen LogP contribution >= 0.6 is 0 Å². The summed E-state index contributed by atoms with van der Waals surface area (Å²) in [5, 5.41) is 9.82. The zero-order valence-electron chi connectivity index (χ0n) is 11.4. The van der Waals surface area contributed by atoms with Crippen LogP contribution in [0.4, 0.5) is 0 Å². The van der Waals surface area contributed by atoms with E-state index < -0.39 is 0 Å². The van der Waals surface area contributed by atoms with Crippen LogP contribution in [-0.4, -0.2) is 26.9 Å². The summed E-state index contributed by atoms with van der Waals surface area (Å²) in [6.07, 6.45) is 6.49. The first-order valence-electron chi connectivity index (χ1n) is 6.43. The molecular weight excluding hydrogens is 238 g/mol. The van der Waals surface area contributed by atoms with Crippen LogP contribution in [0, 0.1) is 6.92 Å². The predicted octanol–water partition coefficient (Wildman–Crippen LogP) is 2.80. The van der Waals surface area contributed by atoms with Gasteiger partial charge in [0.25, 0.3) is 0 Å². The summed E-state index contributed by atoms with van der Waals surface area (Å²) in [6, 6.07) is 5.57. The van der Waals surface area contributed by atoms with E-state index in [2.05, 4.69) is 9.98 Å². The van der Waals surface area contributed by atoms with E-state index in [1.165, 1.54) is 0 Å². The number of imidazole rings is 1. The Balaban J connectivity index is 1.93. The van der Waals surface area contributed by atoms with Gasteiger partial charge in [0.1, 0.15) is 5.75 Å². The molecule has 19 heavy (non-hydrogen) atoms. The third-order valence-corrected chi connectivity index (χ3v) is 3.02. The fraction of sp³-hybridized carbons (Fsp3) is 0.333. The van der Waals surface area contributed by atoms with E-state index in [4.69, 9.17) is 0 Å².